The lowest BCUT2D eigenvalue weighted by Gasteiger charge is -2.32. The van der Waals surface area contributed by atoms with Crippen LogP contribution >= 0.6 is 0 Å². The first kappa shape index (κ1) is 24.9. The number of ether oxygens (including phenoxy) is 2. The van der Waals surface area contributed by atoms with Crippen LogP contribution in [0.5, 0.6) is 5.75 Å². The molecule has 1 amide bonds. The number of hydrogen-bond donors (Lipinski definition) is 1. The summed E-state index contributed by atoms with van der Waals surface area (Å²) in [6.45, 7) is 12.5. The van der Waals surface area contributed by atoms with Gasteiger partial charge in [-0.25, -0.2) is 4.79 Å². The molecule has 33 heavy (non-hydrogen) atoms. The summed E-state index contributed by atoms with van der Waals surface area (Å²) < 4.78 is 23.4. The molecule has 0 atom stereocenters. The maximum Gasteiger partial charge on any atom is 0.492 e. The van der Waals surface area contributed by atoms with Crippen molar-refractivity contribution in [2.24, 2.45) is 0 Å². The molecule has 0 aliphatic carbocycles. The lowest BCUT2D eigenvalue weighted by molar-refractivity contribution is 0.00578. The van der Waals surface area contributed by atoms with Crippen molar-refractivity contribution in [3.05, 3.63) is 70.2 Å². The third kappa shape index (κ3) is 5.98. The van der Waals surface area contributed by atoms with E-state index in [1.54, 1.807) is 7.11 Å². The quantitative estimate of drug-likeness (QED) is 0.583. The zero-order valence-electron chi connectivity index (χ0n) is 20.7. The van der Waals surface area contributed by atoms with Gasteiger partial charge in [-0.1, -0.05) is 36.4 Å². The molecule has 0 saturated carbocycles. The topological polar surface area (TPSA) is 66.0 Å². The molecule has 0 unspecified atom stereocenters. The van der Waals surface area contributed by atoms with Crippen molar-refractivity contribution in [3.63, 3.8) is 0 Å². The summed E-state index contributed by atoms with van der Waals surface area (Å²) in [7, 11) is 1.08. The van der Waals surface area contributed by atoms with Crippen LogP contribution in [-0.4, -0.2) is 38.1 Å². The fourth-order valence-electron chi connectivity index (χ4n) is 3.75. The molecule has 1 saturated heterocycles. The summed E-state index contributed by atoms with van der Waals surface area (Å²) in [6.07, 6.45) is 1.50. The van der Waals surface area contributed by atoms with Gasteiger partial charge >= 0.3 is 13.2 Å². The normalized spacial score (nSPS) is 17.1. The minimum absolute atomic E-state index is 0.207. The first-order valence-electron chi connectivity index (χ1n) is 11.2. The predicted molar refractivity (Wildman–Crippen MR) is 131 cm³/mol. The van der Waals surface area contributed by atoms with Crippen molar-refractivity contribution in [2.75, 3.05) is 13.7 Å². The third-order valence-electron chi connectivity index (χ3n) is 6.24. The first-order chi connectivity index (χ1) is 15.5. The Bertz CT molecular complexity index is 978. The van der Waals surface area contributed by atoms with Crippen molar-refractivity contribution in [3.8, 4) is 5.75 Å². The number of benzene rings is 2. The number of carbonyl (C=O) groups excluding carboxylic acids is 1. The average Bonchev–Trinajstić information content (AvgIpc) is 2.97. The highest BCUT2D eigenvalue weighted by Gasteiger charge is 2.52. The van der Waals surface area contributed by atoms with E-state index in [0.717, 1.165) is 33.5 Å². The van der Waals surface area contributed by atoms with Gasteiger partial charge in [0.25, 0.3) is 0 Å². The van der Waals surface area contributed by atoms with E-state index in [0.29, 0.717) is 0 Å². The Morgan fingerprint density at radius 1 is 1.03 bits per heavy atom. The Labute approximate surface area is 197 Å². The van der Waals surface area contributed by atoms with E-state index >= 15 is 0 Å². The van der Waals surface area contributed by atoms with Crippen molar-refractivity contribution in [1.82, 2.24) is 5.32 Å². The zero-order valence-corrected chi connectivity index (χ0v) is 20.7. The number of amides is 1. The first-order valence-corrected chi connectivity index (χ1v) is 11.2. The smallest absolute Gasteiger partial charge is 0.492 e. The van der Waals surface area contributed by atoms with Crippen molar-refractivity contribution < 1.29 is 23.6 Å². The summed E-state index contributed by atoms with van der Waals surface area (Å²) in [6, 6.07) is 13.7. The van der Waals surface area contributed by atoms with Crippen LogP contribution in [0.25, 0.3) is 6.08 Å². The highest BCUT2D eigenvalue weighted by Crippen LogP contribution is 2.39. The van der Waals surface area contributed by atoms with E-state index in [2.05, 4.69) is 5.32 Å². The Morgan fingerprint density at radius 3 is 2.15 bits per heavy atom. The van der Waals surface area contributed by atoms with E-state index in [-0.39, 0.29) is 13.2 Å². The molecule has 1 fully saturated rings. The maximum atomic E-state index is 12.4. The largest absolute Gasteiger partial charge is 0.496 e. The maximum absolute atomic E-state index is 12.4. The standard InChI is InChI=1S/C26H34BNO5/c1-18-13-21(14-19(2)23(18)30-7)15-22(27-32-25(3,4)26(5,6)33-27)16-28-24(29)31-17-20-11-9-8-10-12-20/h8-15H,16-17H2,1-7H3,(H,28,29). The molecule has 6 nitrogen and oxygen atoms in total. The Kier molecular flexibility index (Phi) is 7.55. The van der Waals surface area contributed by atoms with Gasteiger partial charge in [-0.15, -0.1) is 0 Å². The van der Waals surface area contributed by atoms with Crippen molar-refractivity contribution in [2.45, 2.75) is 59.4 Å². The lowest BCUT2D eigenvalue weighted by atomic mass is 9.76. The van der Waals surface area contributed by atoms with E-state index in [9.17, 15) is 4.79 Å². The fraction of sp³-hybridized carbons (Fsp3) is 0.423. The van der Waals surface area contributed by atoms with E-state index in [4.69, 9.17) is 18.8 Å². The van der Waals surface area contributed by atoms with Gasteiger partial charge in [-0.05, 0) is 81.4 Å². The van der Waals surface area contributed by atoms with E-state index in [1.807, 2.05) is 90.1 Å². The summed E-state index contributed by atoms with van der Waals surface area (Å²) in [5.41, 5.74) is 3.80. The van der Waals surface area contributed by atoms with Gasteiger partial charge in [0.2, 0.25) is 0 Å². The number of aryl methyl sites for hydroxylation is 2. The van der Waals surface area contributed by atoms with Crippen LogP contribution in [0.3, 0.4) is 0 Å². The van der Waals surface area contributed by atoms with Gasteiger partial charge in [0.15, 0.2) is 0 Å². The fourth-order valence-corrected chi connectivity index (χ4v) is 3.75. The van der Waals surface area contributed by atoms with Crippen LogP contribution in [0.15, 0.2) is 47.9 Å². The molecule has 2 aromatic rings. The molecule has 1 N–H and O–H groups in total. The van der Waals surface area contributed by atoms with Gasteiger partial charge in [0, 0.05) is 6.54 Å². The molecule has 2 aromatic carbocycles. The molecule has 0 radical (unpaired) electrons. The van der Waals surface area contributed by atoms with Crippen LogP contribution in [0.4, 0.5) is 4.79 Å². The van der Waals surface area contributed by atoms with Crippen LogP contribution in [0, 0.1) is 13.8 Å². The van der Waals surface area contributed by atoms with Crippen molar-refractivity contribution >= 4 is 19.3 Å². The van der Waals surface area contributed by atoms with Crippen molar-refractivity contribution in [1.29, 1.82) is 0 Å². The second kappa shape index (κ2) is 10.0. The number of alkyl carbamates (subject to hydrolysis) is 1. The van der Waals surface area contributed by atoms with E-state index < -0.39 is 24.4 Å². The number of carbonyl (C=O) groups is 1. The molecule has 3 rings (SSSR count). The highest BCUT2D eigenvalue weighted by molar-refractivity contribution is 6.56. The summed E-state index contributed by atoms with van der Waals surface area (Å²) >= 11 is 0. The average molecular weight is 451 g/mol. The Morgan fingerprint density at radius 2 is 1.61 bits per heavy atom. The van der Waals surface area contributed by atoms with Crippen LogP contribution in [0.2, 0.25) is 0 Å². The molecule has 176 valence electrons. The van der Waals surface area contributed by atoms with Gasteiger partial charge in [-0.3, -0.25) is 0 Å². The SMILES string of the molecule is COc1c(C)cc(C=C(CNC(=O)OCc2ccccc2)B2OC(C)(C)C(C)(C)O2)cc1C. The predicted octanol–water partition coefficient (Wildman–Crippen LogP) is 5.25. The summed E-state index contributed by atoms with van der Waals surface area (Å²) in [5.74, 6) is 0.868. The minimum atomic E-state index is -0.591. The molecule has 1 aliphatic heterocycles. The van der Waals surface area contributed by atoms with Gasteiger partial charge in [-0.2, -0.15) is 0 Å². The molecule has 1 heterocycles. The van der Waals surface area contributed by atoms with Gasteiger partial charge in [0.05, 0.1) is 18.3 Å². The molecular formula is C26H34BNO5. The molecule has 0 bridgehead atoms. The van der Waals surface area contributed by atoms with E-state index in [1.165, 1.54) is 0 Å². The van der Waals surface area contributed by atoms with Crippen LogP contribution in [0.1, 0.15) is 49.9 Å². The molecule has 1 aliphatic rings. The number of hydrogen-bond acceptors (Lipinski definition) is 5. The summed E-state index contributed by atoms with van der Waals surface area (Å²) in [4.78, 5) is 12.4. The van der Waals surface area contributed by atoms with Gasteiger partial charge < -0.3 is 24.1 Å². The lowest BCUT2D eigenvalue weighted by Crippen LogP contribution is -2.41. The highest BCUT2D eigenvalue weighted by atomic mass is 16.7. The van der Waals surface area contributed by atoms with Gasteiger partial charge in [0.1, 0.15) is 12.4 Å². The molecular weight excluding hydrogens is 417 g/mol. The minimum Gasteiger partial charge on any atom is -0.496 e. The second-order valence-electron chi connectivity index (χ2n) is 9.41. The third-order valence-corrected chi connectivity index (χ3v) is 6.24. The Hall–Kier alpha value is -2.77. The molecule has 0 spiro atoms. The number of nitrogens with one attached hydrogen (secondary N) is 1. The zero-order chi connectivity index (χ0) is 24.2. The van der Waals surface area contributed by atoms with Crippen LogP contribution in [-0.2, 0) is 20.7 Å². The van der Waals surface area contributed by atoms with Crippen LogP contribution < -0.4 is 10.1 Å². The second-order valence-corrected chi connectivity index (χ2v) is 9.41. The Balaban J connectivity index is 1.79. The molecule has 7 heteroatoms. The number of methoxy groups -OCH3 is 1. The molecule has 0 aromatic heterocycles. The summed E-state index contributed by atoms with van der Waals surface area (Å²) in [5, 5.41) is 2.84. The number of rotatable bonds is 7. The monoisotopic (exact) mass is 451 g/mol.